The molecule has 0 aromatic heterocycles. The minimum Gasteiger partial charge on any atom is -0.388 e. The van der Waals surface area contributed by atoms with Gasteiger partial charge in [0.25, 0.3) is 11.8 Å². The average molecular weight is 414 g/mol. The van der Waals surface area contributed by atoms with Crippen LogP contribution in [-0.2, 0) is 14.2 Å². The van der Waals surface area contributed by atoms with Crippen LogP contribution in [0.25, 0.3) is 0 Å². The average Bonchev–Trinajstić information content (AvgIpc) is 2.79. The van der Waals surface area contributed by atoms with Crippen LogP contribution in [0.1, 0.15) is 20.7 Å². The van der Waals surface area contributed by atoms with Gasteiger partial charge in [-0.2, -0.15) is 0 Å². The van der Waals surface area contributed by atoms with Crippen LogP contribution >= 0.6 is 0 Å². The van der Waals surface area contributed by atoms with Crippen molar-refractivity contribution in [1.82, 2.24) is 10.6 Å². The quantitative estimate of drug-likeness (QED) is 0.623. The zero-order chi connectivity index (χ0) is 21.5. The van der Waals surface area contributed by atoms with E-state index >= 15 is 0 Å². The molecule has 3 rings (SSSR count). The molecule has 1 heterocycles. The number of nitrogens with one attached hydrogen (secondary N) is 2. The van der Waals surface area contributed by atoms with Crippen molar-refractivity contribution in [2.75, 3.05) is 20.8 Å². The van der Waals surface area contributed by atoms with E-state index in [4.69, 9.17) is 14.2 Å². The van der Waals surface area contributed by atoms with Crippen LogP contribution in [0, 0.1) is 0 Å². The second-order valence-corrected chi connectivity index (χ2v) is 6.91. The Bertz CT molecular complexity index is 832. The molecule has 1 saturated heterocycles. The Labute approximate surface area is 175 Å². The Kier molecular flexibility index (Phi) is 7.53. The summed E-state index contributed by atoms with van der Waals surface area (Å²) in [6.45, 7) is 0.0496. The standard InChI is InChI=1S/C22H26N2O6/c1-28-19-17(24-21(27)15-11-7-4-8-12-15)22(29-2)30-16(18(19)25)13-23-20(26)14-9-5-3-6-10-14/h3-12,16-19,22,25H,13H2,1-2H3,(H,23,26)(H,24,27)/t16-,17-,18-,19-,22-/m1/s1. The molecule has 160 valence electrons. The third kappa shape index (κ3) is 5.03. The van der Waals surface area contributed by atoms with E-state index in [0.717, 1.165) is 0 Å². The fraction of sp³-hybridized carbons (Fsp3) is 0.364. The van der Waals surface area contributed by atoms with E-state index in [-0.39, 0.29) is 18.4 Å². The first-order valence-corrected chi connectivity index (χ1v) is 9.63. The Morgan fingerprint density at radius 3 is 2.03 bits per heavy atom. The Balaban J connectivity index is 1.67. The molecule has 8 heteroatoms. The largest absolute Gasteiger partial charge is 0.388 e. The van der Waals surface area contributed by atoms with Crippen LogP contribution in [0.5, 0.6) is 0 Å². The molecule has 0 radical (unpaired) electrons. The molecule has 2 amide bonds. The first-order chi connectivity index (χ1) is 14.5. The number of amides is 2. The normalized spacial score (nSPS) is 26.0. The summed E-state index contributed by atoms with van der Waals surface area (Å²) in [4.78, 5) is 24.9. The zero-order valence-electron chi connectivity index (χ0n) is 16.9. The van der Waals surface area contributed by atoms with Crippen LogP contribution < -0.4 is 10.6 Å². The molecule has 8 nitrogen and oxygen atoms in total. The van der Waals surface area contributed by atoms with Crippen LogP contribution in [0.3, 0.4) is 0 Å². The van der Waals surface area contributed by atoms with Gasteiger partial charge < -0.3 is 30.0 Å². The number of hydrogen-bond donors (Lipinski definition) is 3. The highest BCUT2D eigenvalue weighted by molar-refractivity contribution is 5.94. The van der Waals surface area contributed by atoms with Crippen molar-refractivity contribution in [3.05, 3.63) is 71.8 Å². The Morgan fingerprint density at radius 1 is 0.933 bits per heavy atom. The van der Waals surface area contributed by atoms with Gasteiger partial charge in [-0.1, -0.05) is 36.4 Å². The van der Waals surface area contributed by atoms with Gasteiger partial charge in [-0.05, 0) is 24.3 Å². The molecule has 3 N–H and O–H groups in total. The summed E-state index contributed by atoms with van der Waals surface area (Å²) in [6.07, 6.45) is -3.55. The molecular weight excluding hydrogens is 388 g/mol. The summed E-state index contributed by atoms with van der Waals surface area (Å²) >= 11 is 0. The number of aliphatic hydroxyl groups excluding tert-OH is 1. The van der Waals surface area contributed by atoms with E-state index in [9.17, 15) is 14.7 Å². The summed E-state index contributed by atoms with van der Waals surface area (Å²) in [6, 6.07) is 16.7. The highest BCUT2D eigenvalue weighted by Crippen LogP contribution is 2.24. The second-order valence-electron chi connectivity index (χ2n) is 6.91. The molecule has 0 saturated carbocycles. The van der Waals surface area contributed by atoms with Crippen LogP contribution in [0.15, 0.2) is 60.7 Å². The van der Waals surface area contributed by atoms with E-state index in [0.29, 0.717) is 11.1 Å². The molecule has 30 heavy (non-hydrogen) atoms. The molecule has 1 aliphatic rings. The number of ether oxygens (including phenoxy) is 3. The Morgan fingerprint density at radius 2 is 1.50 bits per heavy atom. The molecule has 1 aliphatic heterocycles. The monoisotopic (exact) mass is 414 g/mol. The summed E-state index contributed by atoms with van der Waals surface area (Å²) < 4.78 is 16.7. The molecule has 0 spiro atoms. The van der Waals surface area contributed by atoms with Crippen molar-refractivity contribution in [2.45, 2.75) is 30.6 Å². The van der Waals surface area contributed by atoms with Gasteiger partial charge in [0.05, 0.1) is 0 Å². The lowest BCUT2D eigenvalue weighted by Crippen LogP contribution is -2.66. The molecular formula is C22H26N2O6. The third-order valence-corrected chi connectivity index (χ3v) is 5.01. The van der Waals surface area contributed by atoms with E-state index in [1.54, 1.807) is 48.5 Å². The zero-order valence-corrected chi connectivity index (χ0v) is 16.9. The second kappa shape index (κ2) is 10.3. The van der Waals surface area contributed by atoms with Gasteiger partial charge in [0, 0.05) is 31.9 Å². The highest BCUT2D eigenvalue weighted by Gasteiger charge is 2.46. The number of benzene rings is 2. The third-order valence-electron chi connectivity index (χ3n) is 5.01. The van der Waals surface area contributed by atoms with Crippen molar-refractivity contribution in [2.24, 2.45) is 0 Å². The molecule has 1 fully saturated rings. The minimum absolute atomic E-state index is 0.0496. The number of carbonyl (C=O) groups is 2. The Hall–Kier alpha value is -2.78. The fourth-order valence-corrected chi connectivity index (χ4v) is 3.43. The van der Waals surface area contributed by atoms with Crippen molar-refractivity contribution in [1.29, 1.82) is 0 Å². The van der Waals surface area contributed by atoms with Crippen LogP contribution in [0.2, 0.25) is 0 Å². The van der Waals surface area contributed by atoms with E-state index < -0.39 is 30.6 Å². The smallest absolute Gasteiger partial charge is 0.251 e. The molecule has 0 bridgehead atoms. The molecule has 5 atom stereocenters. The van der Waals surface area contributed by atoms with E-state index in [1.165, 1.54) is 14.2 Å². The first kappa shape index (κ1) is 21.9. The van der Waals surface area contributed by atoms with Gasteiger partial charge in [0.1, 0.15) is 24.4 Å². The van der Waals surface area contributed by atoms with E-state index in [1.807, 2.05) is 12.1 Å². The summed E-state index contributed by atoms with van der Waals surface area (Å²) in [5, 5.41) is 16.3. The molecule has 2 aromatic carbocycles. The lowest BCUT2D eigenvalue weighted by atomic mass is 9.95. The summed E-state index contributed by atoms with van der Waals surface area (Å²) in [7, 11) is 2.88. The number of hydrogen-bond acceptors (Lipinski definition) is 6. The van der Waals surface area contributed by atoms with Crippen molar-refractivity contribution >= 4 is 11.8 Å². The van der Waals surface area contributed by atoms with Crippen LogP contribution in [-0.4, -0.2) is 68.3 Å². The number of aliphatic hydroxyl groups is 1. The lowest BCUT2D eigenvalue weighted by molar-refractivity contribution is -0.257. The topological polar surface area (TPSA) is 106 Å². The van der Waals surface area contributed by atoms with E-state index in [2.05, 4.69) is 10.6 Å². The van der Waals surface area contributed by atoms with Crippen molar-refractivity contribution < 1.29 is 28.9 Å². The van der Waals surface area contributed by atoms with Gasteiger partial charge in [0.2, 0.25) is 0 Å². The molecule has 2 aromatic rings. The summed E-state index contributed by atoms with van der Waals surface area (Å²) in [5.74, 6) is -0.620. The maximum atomic E-state index is 12.6. The van der Waals surface area contributed by atoms with Gasteiger partial charge in [-0.15, -0.1) is 0 Å². The SMILES string of the molecule is CO[C@@H]1O[C@H](CNC(=O)c2ccccc2)[C@@H](O)[C@H](OC)[C@H]1NC(=O)c1ccccc1. The summed E-state index contributed by atoms with van der Waals surface area (Å²) in [5.41, 5.74) is 0.969. The minimum atomic E-state index is -1.10. The number of rotatable bonds is 7. The lowest BCUT2D eigenvalue weighted by Gasteiger charge is -2.43. The highest BCUT2D eigenvalue weighted by atomic mass is 16.7. The van der Waals surface area contributed by atoms with Crippen molar-refractivity contribution in [3.8, 4) is 0 Å². The van der Waals surface area contributed by atoms with Crippen molar-refractivity contribution in [3.63, 3.8) is 0 Å². The van der Waals surface area contributed by atoms with Crippen LogP contribution in [0.4, 0.5) is 0 Å². The molecule has 0 unspecified atom stereocenters. The number of methoxy groups -OCH3 is 2. The van der Waals surface area contributed by atoms with Gasteiger partial charge in [0.15, 0.2) is 6.29 Å². The number of carbonyl (C=O) groups excluding carboxylic acids is 2. The van der Waals surface area contributed by atoms with Gasteiger partial charge >= 0.3 is 0 Å². The predicted molar refractivity (Wildman–Crippen MR) is 109 cm³/mol. The maximum Gasteiger partial charge on any atom is 0.251 e. The van der Waals surface area contributed by atoms with Gasteiger partial charge in [-0.3, -0.25) is 9.59 Å². The molecule has 0 aliphatic carbocycles. The maximum absolute atomic E-state index is 12.6. The fourth-order valence-electron chi connectivity index (χ4n) is 3.43. The first-order valence-electron chi connectivity index (χ1n) is 9.63. The van der Waals surface area contributed by atoms with Gasteiger partial charge in [-0.25, -0.2) is 0 Å². The predicted octanol–water partition coefficient (Wildman–Crippen LogP) is 0.962.